The molecular formula is C82H58N4. The first-order valence-corrected chi connectivity index (χ1v) is 30.0. The van der Waals surface area contributed by atoms with Crippen LogP contribution < -0.4 is 0 Å². The van der Waals surface area contributed by atoms with E-state index in [4.69, 9.17) is 9.97 Å². The van der Waals surface area contributed by atoms with Crippen molar-refractivity contribution >= 4 is 43.6 Å². The molecule has 0 fully saturated rings. The largest absolute Gasteiger partial charge is 0.309 e. The quantitative estimate of drug-likeness (QED) is 0.152. The standard InChI is InChI=1S/C82H58N4/c1-81(2)70-30-15-11-26-61(70)63-40-35-56(48-72(63)81)54-37-42-78-68(46-54)65-28-13-17-32-76(65)85(78)59-25-19-24-58(44-59)74-50-75(67-45-53(51-20-7-5-8-21-51)34-39-60(67)52-22-9-6-10-23-52)84-80(83-74)86-77-33-18-14-29-66(77)69-47-55(38-43-79(69)86)57-36-41-64-62-27-12-16-31-71(62)82(3,4)73(64)49-57/h5-50H,1-4H3. The van der Waals surface area contributed by atoms with Gasteiger partial charge in [-0.15, -0.1) is 0 Å². The lowest BCUT2D eigenvalue weighted by Crippen LogP contribution is -2.14. The molecule has 17 rings (SSSR count). The van der Waals surface area contributed by atoms with E-state index in [0.29, 0.717) is 5.95 Å². The molecule has 0 saturated carbocycles. The molecule has 0 atom stereocenters. The fraction of sp³-hybridized carbons (Fsp3) is 0.0732. The van der Waals surface area contributed by atoms with Crippen molar-refractivity contribution in [2.45, 2.75) is 38.5 Å². The highest BCUT2D eigenvalue weighted by Crippen LogP contribution is 2.52. The van der Waals surface area contributed by atoms with Gasteiger partial charge < -0.3 is 4.57 Å². The maximum Gasteiger partial charge on any atom is 0.235 e. The lowest BCUT2D eigenvalue weighted by molar-refractivity contribution is 0.660. The van der Waals surface area contributed by atoms with Gasteiger partial charge in [0.1, 0.15) is 0 Å². The highest BCUT2D eigenvalue weighted by atomic mass is 15.2. The van der Waals surface area contributed by atoms with Gasteiger partial charge in [0, 0.05) is 49.2 Å². The maximum absolute atomic E-state index is 5.72. The fourth-order valence-electron chi connectivity index (χ4n) is 14.6. The number of fused-ring (bicyclic) bond motifs is 12. The van der Waals surface area contributed by atoms with E-state index in [1.807, 2.05) is 0 Å². The van der Waals surface area contributed by atoms with Gasteiger partial charge >= 0.3 is 0 Å². The van der Waals surface area contributed by atoms with E-state index in [-0.39, 0.29) is 10.8 Å². The third-order valence-corrected chi connectivity index (χ3v) is 19.0. The number of nitrogens with zero attached hydrogens (tertiary/aromatic N) is 4. The molecule has 0 saturated heterocycles. The highest BCUT2D eigenvalue weighted by molar-refractivity contribution is 6.12. The minimum Gasteiger partial charge on any atom is -0.309 e. The predicted molar refractivity (Wildman–Crippen MR) is 358 cm³/mol. The van der Waals surface area contributed by atoms with Gasteiger partial charge in [-0.1, -0.05) is 234 Å². The molecule has 0 bridgehead atoms. The second-order valence-electron chi connectivity index (χ2n) is 24.5. The SMILES string of the molecule is CC1(C)c2ccccc2-c2ccc(-c3ccc4c(c3)c3ccccc3n4-c3cccc(-c4cc(-c5cc(-c6ccccc6)ccc5-c5ccccc5)nc(-n5c6ccccc6c6cc(-c7ccc8c(c7)C(C)(C)c7ccccc7-8)ccc65)n4)c3)cc21. The average Bonchev–Trinajstić information content (AvgIpc) is 2.36. The van der Waals surface area contributed by atoms with E-state index in [1.54, 1.807) is 0 Å². The zero-order chi connectivity index (χ0) is 57.4. The summed E-state index contributed by atoms with van der Waals surface area (Å²) in [5, 5.41) is 4.72. The van der Waals surface area contributed by atoms with Crippen LogP contribution in [0.3, 0.4) is 0 Å². The summed E-state index contributed by atoms with van der Waals surface area (Å²) < 4.78 is 4.70. The molecule has 406 valence electrons. The summed E-state index contributed by atoms with van der Waals surface area (Å²) in [6.07, 6.45) is 0. The lowest BCUT2D eigenvalue weighted by Gasteiger charge is -2.22. The van der Waals surface area contributed by atoms with E-state index in [0.717, 1.165) is 83.3 Å². The molecule has 2 aliphatic rings. The topological polar surface area (TPSA) is 35.6 Å². The number of aromatic nitrogens is 4. The summed E-state index contributed by atoms with van der Waals surface area (Å²) in [5.41, 5.74) is 29.0. The molecule has 0 aliphatic heterocycles. The van der Waals surface area contributed by atoms with Crippen molar-refractivity contribution < 1.29 is 0 Å². The summed E-state index contributed by atoms with van der Waals surface area (Å²) in [6.45, 7) is 9.42. The first kappa shape index (κ1) is 49.9. The number of hydrogen-bond donors (Lipinski definition) is 0. The molecule has 4 heteroatoms. The van der Waals surface area contributed by atoms with Crippen LogP contribution in [0, 0.1) is 0 Å². The first-order valence-electron chi connectivity index (χ1n) is 30.0. The normalized spacial score (nSPS) is 13.5. The van der Waals surface area contributed by atoms with Gasteiger partial charge in [-0.05, 0) is 162 Å². The van der Waals surface area contributed by atoms with Gasteiger partial charge in [0.2, 0.25) is 5.95 Å². The molecule has 0 unspecified atom stereocenters. The van der Waals surface area contributed by atoms with Crippen LogP contribution in [0.25, 0.3) is 145 Å². The Morgan fingerprint density at radius 1 is 0.244 bits per heavy atom. The molecule has 0 N–H and O–H groups in total. The van der Waals surface area contributed by atoms with Gasteiger partial charge in [-0.2, -0.15) is 0 Å². The Hall–Kier alpha value is -10.7. The Kier molecular flexibility index (Phi) is 11.0. The van der Waals surface area contributed by atoms with Crippen molar-refractivity contribution in [3.63, 3.8) is 0 Å². The summed E-state index contributed by atoms with van der Waals surface area (Å²) in [7, 11) is 0. The molecule has 15 aromatic rings. The molecule has 0 amide bonds. The van der Waals surface area contributed by atoms with Crippen LogP contribution >= 0.6 is 0 Å². The van der Waals surface area contributed by atoms with Gasteiger partial charge in [0.15, 0.2) is 0 Å². The smallest absolute Gasteiger partial charge is 0.235 e. The second-order valence-corrected chi connectivity index (χ2v) is 24.5. The van der Waals surface area contributed by atoms with E-state index >= 15 is 0 Å². The van der Waals surface area contributed by atoms with Gasteiger partial charge in [-0.25, -0.2) is 9.97 Å². The van der Waals surface area contributed by atoms with E-state index < -0.39 is 0 Å². The van der Waals surface area contributed by atoms with Crippen molar-refractivity contribution in [3.05, 3.63) is 301 Å². The summed E-state index contributed by atoms with van der Waals surface area (Å²) in [5.74, 6) is 0.603. The minimum atomic E-state index is -0.105. The van der Waals surface area contributed by atoms with Crippen LogP contribution in [0.2, 0.25) is 0 Å². The van der Waals surface area contributed by atoms with E-state index in [2.05, 4.69) is 316 Å². The number of rotatable bonds is 8. The maximum atomic E-state index is 5.72. The molecule has 2 aliphatic carbocycles. The zero-order valence-corrected chi connectivity index (χ0v) is 48.3. The van der Waals surface area contributed by atoms with Crippen molar-refractivity contribution in [1.82, 2.24) is 19.1 Å². The lowest BCUT2D eigenvalue weighted by atomic mass is 9.81. The number of para-hydroxylation sites is 2. The van der Waals surface area contributed by atoms with Crippen LogP contribution in [0.5, 0.6) is 0 Å². The van der Waals surface area contributed by atoms with Gasteiger partial charge in [-0.3, -0.25) is 4.57 Å². The molecule has 12 aromatic carbocycles. The molecule has 0 radical (unpaired) electrons. The van der Waals surface area contributed by atoms with E-state index in [1.165, 1.54) is 77.5 Å². The third-order valence-electron chi connectivity index (χ3n) is 19.0. The minimum absolute atomic E-state index is 0.0855. The van der Waals surface area contributed by atoms with Gasteiger partial charge in [0.25, 0.3) is 0 Å². The van der Waals surface area contributed by atoms with Crippen LogP contribution in [0.4, 0.5) is 0 Å². The molecule has 0 spiro atoms. The molecule has 3 heterocycles. The highest BCUT2D eigenvalue weighted by Gasteiger charge is 2.37. The van der Waals surface area contributed by atoms with Gasteiger partial charge in [0.05, 0.1) is 33.5 Å². The summed E-state index contributed by atoms with van der Waals surface area (Å²) >= 11 is 0. The molecule has 3 aromatic heterocycles. The second kappa shape index (κ2) is 18.9. The van der Waals surface area contributed by atoms with Crippen molar-refractivity contribution in [3.8, 4) is 101 Å². The molecule has 86 heavy (non-hydrogen) atoms. The third kappa shape index (κ3) is 7.62. The Bertz CT molecular complexity index is 5290. The van der Waals surface area contributed by atoms with E-state index in [9.17, 15) is 0 Å². The van der Waals surface area contributed by atoms with Crippen LogP contribution in [-0.2, 0) is 10.8 Å². The number of hydrogen-bond acceptors (Lipinski definition) is 2. The van der Waals surface area contributed by atoms with Crippen LogP contribution in [-0.4, -0.2) is 19.1 Å². The molecule has 4 nitrogen and oxygen atoms in total. The summed E-state index contributed by atoms with van der Waals surface area (Å²) in [4.78, 5) is 11.4. The van der Waals surface area contributed by atoms with Crippen molar-refractivity contribution in [2.75, 3.05) is 0 Å². The number of benzene rings is 12. The van der Waals surface area contributed by atoms with Crippen molar-refractivity contribution in [2.24, 2.45) is 0 Å². The first-order chi connectivity index (χ1) is 42.1. The average molecular weight is 1100 g/mol. The zero-order valence-electron chi connectivity index (χ0n) is 48.3. The molecular weight excluding hydrogens is 1040 g/mol. The van der Waals surface area contributed by atoms with Crippen molar-refractivity contribution in [1.29, 1.82) is 0 Å². The Morgan fingerprint density at radius 2 is 0.674 bits per heavy atom. The Labute approximate surface area is 500 Å². The Morgan fingerprint density at radius 3 is 1.28 bits per heavy atom. The monoisotopic (exact) mass is 1100 g/mol. The predicted octanol–water partition coefficient (Wildman–Crippen LogP) is 21.3. The van der Waals surface area contributed by atoms with Crippen LogP contribution in [0.15, 0.2) is 279 Å². The Balaban J connectivity index is 0.842. The summed E-state index contributed by atoms with van der Waals surface area (Å²) in [6, 6.07) is 103. The fourth-order valence-corrected chi connectivity index (χ4v) is 14.6. The van der Waals surface area contributed by atoms with Crippen LogP contribution in [0.1, 0.15) is 49.9 Å².